The molecule has 0 aliphatic carbocycles. The SMILES string of the molecule is CC(C)CNC(=O)[C@@H](C)N(Cc1ccccc1Cl)C(=O)CSCc1c(F)cccc1Cl. The number of hydrogen-bond acceptors (Lipinski definition) is 3. The van der Waals surface area contributed by atoms with Gasteiger partial charge in [0.1, 0.15) is 11.9 Å². The van der Waals surface area contributed by atoms with Crippen LogP contribution in [0.1, 0.15) is 31.9 Å². The second-order valence-corrected chi connectivity index (χ2v) is 9.42. The molecule has 1 atom stereocenters. The minimum absolute atomic E-state index is 0.0803. The predicted octanol–water partition coefficient (Wildman–Crippen LogP) is 5.56. The van der Waals surface area contributed by atoms with Crippen LogP contribution in [0.2, 0.25) is 10.0 Å². The van der Waals surface area contributed by atoms with Crippen molar-refractivity contribution >= 4 is 46.8 Å². The first-order valence-corrected chi connectivity index (χ1v) is 11.9. The maximum Gasteiger partial charge on any atom is 0.242 e. The Bertz CT molecular complexity index is 891. The molecule has 0 spiro atoms. The van der Waals surface area contributed by atoms with Gasteiger partial charge in [-0.25, -0.2) is 4.39 Å². The average Bonchev–Trinajstić information content (AvgIpc) is 2.72. The zero-order chi connectivity index (χ0) is 23.0. The lowest BCUT2D eigenvalue weighted by molar-refractivity contribution is -0.138. The molecule has 168 valence electrons. The number of nitrogens with one attached hydrogen (secondary N) is 1. The molecule has 4 nitrogen and oxygen atoms in total. The van der Waals surface area contributed by atoms with Crippen LogP contribution in [0.15, 0.2) is 42.5 Å². The lowest BCUT2D eigenvalue weighted by Crippen LogP contribution is -2.48. The molecular weight excluding hydrogens is 458 g/mol. The number of halogens is 3. The molecule has 0 aliphatic rings. The second kappa shape index (κ2) is 12.3. The number of benzene rings is 2. The van der Waals surface area contributed by atoms with E-state index in [-0.39, 0.29) is 29.9 Å². The van der Waals surface area contributed by atoms with Crippen LogP contribution in [-0.2, 0) is 21.9 Å². The van der Waals surface area contributed by atoms with Crippen LogP contribution in [-0.4, -0.2) is 35.1 Å². The molecule has 0 fully saturated rings. The highest BCUT2D eigenvalue weighted by Gasteiger charge is 2.26. The van der Waals surface area contributed by atoms with Gasteiger partial charge in [-0.05, 0) is 36.6 Å². The minimum atomic E-state index is -0.680. The highest BCUT2D eigenvalue weighted by molar-refractivity contribution is 7.99. The molecule has 0 aliphatic heterocycles. The number of rotatable bonds is 10. The van der Waals surface area contributed by atoms with Gasteiger partial charge in [0.2, 0.25) is 11.8 Å². The van der Waals surface area contributed by atoms with Crippen LogP contribution in [0, 0.1) is 11.7 Å². The molecule has 0 unspecified atom stereocenters. The Morgan fingerprint density at radius 3 is 2.39 bits per heavy atom. The van der Waals surface area contributed by atoms with Crippen molar-refractivity contribution in [3.63, 3.8) is 0 Å². The van der Waals surface area contributed by atoms with Crippen LogP contribution < -0.4 is 5.32 Å². The Morgan fingerprint density at radius 2 is 1.74 bits per heavy atom. The van der Waals surface area contributed by atoms with E-state index in [0.29, 0.717) is 28.1 Å². The largest absolute Gasteiger partial charge is 0.354 e. The highest BCUT2D eigenvalue weighted by Crippen LogP contribution is 2.25. The smallest absolute Gasteiger partial charge is 0.242 e. The maximum atomic E-state index is 14.0. The summed E-state index contributed by atoms with van der Waals surface area (Å²) in [6.45, 7) is 6.43. The predicted molar refractivity (Wildman–Crippen MR) is 127 cm³/mol. The van der Waals surface area contributed by atoms with Gasteiger partial charge in [-0.2, -0.15) is 0 Å². The Labute approximate surface area is 197 Å². The summed E-state index contributed by atoms with van der Waals surface area (Å²) in [5.74, 6) is -0.227. The maximum absolute atomic E-state index is 14.0. The number of thioether (sulfide) groups is 1. The standard InChI is InChI=1S/C23H27Cl2FN2O2S/c1-15(2)11-27-23(30)16(3)28(12-17-7-4-5-8-19(17)24)22(29)14-31-13-18-20(25)9-6-10-21(18)26/h4-10,15-16H,11-14H2,1-3H3,(H,27,30)/t16-/m1/s1. The van der Waals surface area contributed by atoms with E-state index < -0.39 is 11.9 Å². The lowest BCUT2D eigenvalue weighted by atomic mass is 10.1. The van der Waals surface area contributed by atoms with Gasteiger partial charge in [0.15, 0.2) is 0 Å². The van der Waals surface area contributed by atoms with Crippen molar-refractivity contribution in [1.29, 1.82) is 0 Å². The zero-order valence-corrected chi connectivity index (χ0v) is 20.2. The fourth-order valence-electron chi connectivity index (χ4n) is 2.84. The Balaban J connectivity index is 2.11. The van der Waals surface area contributed by atoms with Gasteiger partial charge in [-0.1, -0.05) is 61.3 Å². The Morgan fingerprint density at radius 1 is 1.06 bits per heavy atom. The van der Waals surface area contributed by atoms with Gasteiger partial charge in [-0.15, -0.1) is 11.8 Å². The third-order valence-corrected chi connectivity index (χ3v) is 6.35. The van der Waals surface area contributed by atoms with Crippen molar-refractivity contribution in [2.75, 3.05) is 12.3 Å². The van der Waals surface area contributed by atoms with Crippen LogP contribution in [0.4, 0.5) is 4.39 Å². The molecule has 31 heavy (non-hydrogen) atoms. The fourth-order valence-corrected chi connectivity index (χ4v) is 4.28. The molecule has 0 aromatic heterocycles. The number of hydrogen-bond donors (Lipinski definition) is 1. The molecule has 2 rings (SSSR count). The summed E-state index contributed by atoms with van der Waals surface area (Å²) in [5, 5.41) is 3.73. The van der Waals surface area contributed by atoms with Crippen molar-refractivity contribution in [2.24, 2.45) is 5.92 Å². The van der Waals surface area contributed by atoms with E-state index in [0.717, 1.165) is 5.56 Å². The Hall–Kier alpha value is -1.76. The first-order valence-electron chi connectivity index (χ1n) is 10.0. The fraction of sp³-hybridized carbons (Fsp3) is 0.391. The third kappa shape index (κ3) is 7.70. The number of amides is 2. The lowest BCUT2D eigenvalue weighted by Gasteiger charge is -2.29. The highest BCUT2D eigenvalue weighted by atomic mass is 35.5. The zero-order valence-electron chi connectivity index (χ0n) is 17.8. The van der Waals surface area contributed by atoms with Crippen molar-refractivity contribution in [3.8, 4) is 0 Å². The van der Waals surface area contributed by atoms with E-state index >= 15 is 0 Å². The van der Waals surface area contributed by atoms with E-state index in [4.69, 9.17) is 23.2 Å². The summed E-state index contributed by atoms with van der Waals surface area (Å²) >= 11 is 13.6. The molecule has 0 heterocycles. The quantitative estimate of drug-likeness (QED) is 0.480. The van der Waals surface area contributed by atoms with Gasteiger partial charge < -0.3 is 10.2 Å². The van der Waals surface area contributed by atoms with Gasteiger partial charge in [0.05, 0.1) is 5.75 Å². The van der Waals surface area contributed by atoms with E-state index in [1.165, 1.54) is 22.7 Å². The van der Waals surface area contributed by atoms with Crippen LogP contribution in [0.5, 0.6) is 0 Å². The van der Waals surface area contributed by atoms with Gasteiger partial charge >= 0.3 is 0 Å². The van der Waals surface area contributed by atoms with E-state index in [1.807, 2.05) is 32.0 Å². The normalized spacial score (nSPS) is 12.0. The van der Waals surface area contributed by atoms with Gasteiger partial charge in [-0.3, -0.25) is 9.59 Å². The molecule has 8 heteroatoms. The molecular formula is C23H27Cl2FN2O2S. The van der Waals surface area contributed by atoms with E-state index in [2.05, 4.69) is 5.32 Å². The van der Waals surface area contributed by atoms with Crippen molar-refractivity contribution < 1.29 is 14.0 Å². The summed E-state index contributed by atoms with van der Waals surface area (Å²) in [7, 11) is 0. The van der Waals surface area contributed by atoms with Crippen molar-refractivity contribution in [3.05, 3.63) is 69.5 Å². The number of carbonyl (C=O) groups is 2. The molecule has 0 saturated carbocycles. The van der Waals surface area contributed by atoms with Crippen LogP contribution in [0.3, 0.4) is 0 Å². The molecule has 0 saturated heterocycles. The first kappa shape index (κ1) is 25.5. The molecule has 2 amide bonds. The summed E-state index contributed by atoms with van der Waals surface area (Å²) in [5.41, 5.74) is 1.12. The van der Waals surface area contributed by atoms with E-state index in [1.54, 1.807) is 25.1 Å². The summed E-state index contributed by atoms with van der Waals surface area (Å²) in [6.07, 6.45) is 0. The third-order valence-electron chi connectivity index (χ3n) is 4.68. The Kier molecular flexibility index (Phi) is 10.1. The molecule has 2 aromatic rings. The molecule has 2 aromatic carbocycles. The van der Waals surface area contributed by atoms with Crippen LogP contribution in [0.25, 0.3) is 0 Å². The minimum Gasteiger partial charge on any atom is -0.354 e. The monoisotopic (exact) mass is 484 g/mol. The topological polar surface area (TPSA) is 49.4 Å². The average molecular weight is 485 g/mol. The first-order chi connectivity index (χ1) is 14.7. The molecule has 0 bridgehead atoms. The van der Waals surface area contributed by atoms with E-state index in [9.17, 15) is 14.0 Å². The van der Waals surface area contributed by atoms with Crippen LogP contribution >= 0.6 is 35.0 Å². The van der Waals surface area contributed by atoms with Crippen molar-refractivity contribution in [1.82, 2.24) is 10.2 Å². The van der Waals surface area contributed by atoms with Gasteiger partial charge in [0.25, 0.3) is 0 Å². The number of nitrogens with zero attached hydrogens (tertiary/aromatic N) is 1. The van der Waals surface area contributed by atoms with Gasteiger partial charge in [0, 0.05) is 34.5 Å². The molecule has 0 radical (unpaired) electrons. The summed E-state index contributed by atoms with van der Waals surface area (Å²) < 4.78 is 14.0. The molecule has 1 N–H and O–H groups in total. The summed E-state index contributed by atoms with van der Waals surface area (Å²) in [4.78, 5) is 27.2. The summed E-state index contributed by atoms with van der Waals surface area (Å²) in [6, 6.07) is 11.0. The number of carbonyl (C=O) groups excluding carboxylic acids is 2. The second-order valence-electron chi connectivity index (χ2n) is 7.62. The van der Waals surface area contributed by atoms with Crippen molar-refractivity contribution in [2.45, 2.75) is 39.1 Å².